The second-order valence-electron chi connectivity index (χ2n) is 7.36. The minimum atomic E-state index is 0.529. The zero-order valence-corrected chi connectivity index (χ0v) is 14.9. The van der Waals surface area contributed by atoms with E-state index in [9.17, 15) is 0 Å². The van der Waals surface area contributed by atoms with Crippen molar-refractivity contribution in [1.29, 1.82) is 0 Å². The maximum atomic E-state index is 4.31. The summed E-state index contributed by atoms with van der Waals surface area (Å²) < 4.78 is 0. The van der Waals surface area contributed by atoms with Crippen molar-refractivity contribution in [3.63, 3.8) is 0 Å². The summed E-state index contributed by atoms with van der Waals surface area (Å²) in [5.41, 5.74) is 0.529. The van der Waals surface area contributed by atoms with Gasteiger partial charge in [-0.1, -0.05) is 79.1 Å². The molecular weight excluding hydrogens is 248 g/mol. The van der Waals surface area contributed by atoms with Crippen molar-refractivity contribution in [2.24, 2.45) is 11.3 Å². The van der Waals surface area contributed by atoms with E-state index >= 15 is 0 Å². The predicted molar refractivity (Wildman–Crippen MR) is 93.3 cm³/mol. The number of thiol groups is 1. The summed E-state index contributed by atoms with van der Waals surface area (Å²) in [7, 11) is 0. The van der Waals surface area contributed by atoms with Crippen LogP contribution in [0, 0.1) is 11.3 Å². The molecule has 0 nitrogen and oxygen atoms in total. The highest BCUT2D eigenvalue weighted by atomic mass is 32.1. The normalized spacial score (nSPS) is 13.7. The Morgan fingerprint density at radius 1 is 0.789 bits per heavy atom. The van der Waals surface area contributed by atoms with Gasteiger partial charge in [0, 0.05) is 0 Å². The summed E-state index contributed by atoms with van der Waals surface area (Å²) in [6, 6.07) is 0. The first-order valence-corrected chi connectivity index (χ1v) is 9.23. The molecule has 0 saturated heterocycles. The summed E-state index contributed by atoms with van der Waals surface area (Å²) >= 11 is 4.31. The lowest BCUT2D eigenvalue weighted by Gasteiger charge is -2.17. The zero-order chi connectivity index (χ0) is 14.6. The van der Waals surface area contributed by atoms with Crippen molar-refractivity contribution in [3.05, 3.63) is 0 Å². The van der Waals surface area contributed by atoms with Gasteiger partial charge in [-0.15, -0.1) is 0 Å². The van der Waals surface area contributed by atoms with Gasteiger partial charge in [0.25, 0.3) is 0 Å². The van der Waals surface area contributed by atoms with Crippen molar-refractivity contribution in [1.82, 2.24) is 0 Å². The predicted octanol–water partition coefficient (Wildman–Crippen LogP) is 6.89. The van der Waals surface area contributed by atoms with E-state index in [2.05, 4.69) is 40.3 Å². The molecule has 0 aliphatic heterocycles. The summed E-state index contributed by atoms with van der Waals surface area (Å²) in [5.74, 6) is 2.03. The van der Waals surface area contributed by atoms with Gasteiger partial charge in [0.15, 0.2) is 0 Å². The quantitative estimate of drug-likeness (QED) is 0.293. The van der Waals surface area contributed by atoms with Crippen LogP contribution >= 0.6 is 12.6 Å². The van der Waals surface area contributed by atoms with Gasteiger partial charge in [-0.05, 0) is 36.3 Å². The van der Waals surface area contributed by atoms with Crippen molar-refractivity contribution < 1.29 is 0 Å². The zero-order valence-electron chi connectivity index (χ0n) is 14.0. The SMILES string of the molecule is CCC(CCCS)CCCCCCCCC(C)(C)C. The molecule has 0 bridgehead atoms. The molecule has 1 heteroatoms. The van der Waals surface area contributed by atoms with Crippen LogP contribution in [0.5, 0.6) is 0 Å². The Hall–Kier alpha value is 0.350. The second kappa shape index (κ2) is 12.1. The minimum absolute atomic E-state index is 0.529. The van der Waals surface area contributed by atoms with Gasteiger partial charge in [0.05, 0.1) is 0 Å². The first-order valence-electron chi connectivity index (χ1n) is 8.60. The molecule has 1 atom stereocenters. The number of unbranched alkanes of at least 4 members (excludes halogenated alkanes) is 5. The fourth-order valence-electron chi connectivity index (χ4n) is 2.73. The molecule has 0 aliphatic carbocycles. The Bertz CT molecular complexity index is 181. The fraction of sp³-hybridized carbons (Fsp3) is 1.00. The van der Waals surface area contributed by atoms with Crippen LogP contribution in [0.1, 0.15) is 98.3 Å². The van der Waals surface area contributed by atoms with Crippen LogP contribution in [0.15, 0.2) is 0 Å². The van der Waals surface area contributed by atoms with Crippen LogP contribution in [0.3, 0.4) is 0 Å². The largest absolute Gasteiger partial charge is 0.179 e. The van der Waals surface area contributed by atoms with Crippen LogP contribution in [0.2, 0.25) is 0 Å². The first kappa shape index (κ1) is 19.4. The molecule has 0 aromatic carbocycles. The van der Waals surface area contributed by atoms with Crippen LogP contribution in [-0.4, -0.2) is 5.75 Å². The monoisotopic (exact) mass is 286 g/mol. The van der Waals surface area contributed by atoms with Crippen molar-refractivity contribution in [2.45, 2.75) is 98.3 Å². The molecule has 0 N–H and O–H groups in total. The van der Waals surface area contributed by atoms with Gasteiger partial charge in [0.1, 0.15) is 0 Å². The summed E-state index contributed by atoms with van der Waals surface area (Å²) in [6.45, 7) is 9.39. The van der Waals surface area contributed by atoms with Gasteiger partial charge in [-0.25, -0.2) is 0 Å². The van der Waals surface area contributed by atoms with Crippen LogP contribution < -0.4 is 0 Å². The lowest BCUT2D eigenvalue weighted by atomic mass is 9.89. The maximum absolute atomic E-state index is 4.31. The molecule has 0 aromatic heterocycles. The highest BCUT2D eigenvalue weighted by Gasteiger charge is 2.08. The third-order valence-electron chi connectivity index (χ3n) is 4.14. The second-order valence-corrected chi connectivity index (χ2v) is 7.81. The Balaban J connectivity index is 3.30. The first-order chi connectivity index (χ1) is 8.99. The van der Waals surface area contributed by atoms with E-state index in [0.717, 1.165) is 11.7 Å². The lowest BCUT2D eigenvalue weighted by Crippen LogP contribution is -2.03. The van der Waals surface area contributed by atoms with E-state index in [1.165, 1.54) is 70.6 Å². The molecule has 1 unspecified atom stereocenters. The van der Waals surface area contributed by atoms with Gasteiger partial charge < -0.3 is 0 Å². The summed E-state index contributed by atoms with van der Waals surface area (Å²) in [4.78, 5) is 0. The minimum Gasteiger partial charge on any atom is -0.179 e. The molecule has 116 valence electrons. The molecule has 0 fully saturated rings. The van der Waals surface area contributed by atoms with E-state index < -0.39 is 0 Å². The number of hydrogen-bond acceptors (Lipinski definition) is 1. The van der Waals surface area contributed by atoms with Gasteiger partial charge in [-0.3, -0.25) is 0 Å². The Labute approximate surface area is 128 Å². The highest BCUT2D eigenvalue weighted by Crippen LogP contribution is 2.23. The van der Waals surface area contributed by atoms with E-state index in [1.807, 2.05) is 0 Å². The average Bonchev–Trinajstić information content (AvgIpc) is 2.35. The van der Waals surface area contributed by atoms with E-state index in [0.29, 0.717) is 5.41 Å². The lowest BCUT2D eigenvalue weighted by molar-refractivity contribution is 0.355. The third kappa shape index (κ3) is 14.6. The molecule has 19 heavy (non-hydrogen) atoms. The van der Waals surface area contributed by atoms with Crippen LogP contribution in [-0.2, 0) is 0 Å². The van der Waals surface area contributed by atoms with E-state index in [-0.39, 0.29) is 0 Å². The molecule has 0 aliphatic rings. The van der Waals surface area contributed by atoms with Crippen molar-refractivity contribution in [2.75, 3.05) is 5.75 Å². The smallest absolute Gasteiger partial charge is 0.00978 e. The molecule has 0 saturated carbocycles. The standard InChI is InChI=1S/C18H38S/c1-5-17(14-12-16-19)13-10-8-6-7-9-11-15-18(2,3)4/h17,19H,5-16H2,1-4H3. The average molecular weight is 287 g/mol. The summed E-state index contributed by atoms with van der Waals surface area (Å²) in [5, 5.41) is 0. The van der Waals surface area contributed by atoms with Crippen molar-refractivity contribution in [3.8, 4) is 0 Å². The molecule has 0 amide bonds. The Kier molecular flexibility index (Phi) is 12.3. The molecule has 0 rings (SSSR count). The highest BCUT2D eigenvalue weighted by molar-refractivity contribution is 7.80. The Morgan fingerprint density at radius 2 is 1.32 bits per heavy atom. The molecular formula is C18H38S. The summed E-state index contributed by atoms with van der Waals surface area (Å²) in [6.07, 6.45) is 15.5. The molecule has 0 radical (unpaired) electrons. The van der Waals surface area contributed by atoms with Crippen LogP contribution in [0.4, 0.5) is 0 Å². The van der Waals surface area contributed by atoms with Crippen molar-refractivity contribution >= 4 is 12.6 Å². The van der Waals surface area contributed by atoms with Gasteiger partial charge in [-0.2, -0.15) is 12.6 Å². The fourth-order valence-corrected chi connectivity index (χ4v) is 2.91. The molecule has 0 aromatic rings. The topological polar surface area (TPSA) is 0 Å². The maximum Gasteiger partial charge on any atom is -0.00978 e. The third-order valence-corrected chi connectivity index (χ3v) is 4.45. The molecule has 0 heterocycles. The number of hydrogen-bond donors (Lipinski definition) is 1. The number of rotatable bonds is 12. The van der Waals surface area contributed by atoms with E-state index in [1.54, 1.807) is 0 Å². The van der Waals surface area contributed by atoms with Gasteiger partial charge >= 0.3 is 0 Å². The van der Waals surface area contributed by atoms with Gasteiger partial charge in [0.2, 0.25) is 0 Å². The Morgan fingerprint density at radius 3 is 1.84 bits per heavy atom. The van der Waals surface area contributed by atoms with Crippen LogP contribution in [0.25, 0.3) is 0 Å². The van der Waals surface area contributed by atoms with E-state index in [4.69, 9.17) is 0 Å². The molecule has 0 spiro atoms.